The number of nitrogens with zero attached hydrogens (tertiary/aromatic N) is 2. The predicted molar refractivity (Wildman–Crippen MR) is 70.2 cm³/mol. The zero-order valence-corrected chi connectivity index (χ0v) is 12.4. The van der Waals surface area contributed by atoms with Crippen LogP contribution in [0.1, 0.15) is 13.8 Å². The standard InChI is InChI=1S/2C4H8NO.C4H9.Al/c2*1-3-6-4-2-5-1;1-4(2)3;/h2*1-4H2;4H,1H2,2-3H3;/q2*-1;;+2. The van der Waals surface area contributed by atoms with Gasteiger partial charge in [0, 0.05) is 26.2 Å². The molecular formula is C12H25AlN2O2. The van der Waals surface area contributed by atoms with Gasteiger partial charge in [0.2, 0.25) is 0 Å². The third-order valence-corrected chi connectivity index (χ3v) is 7.70. The third kappa shape index (κ3) is 4.20. The van der Waals surface area contributed by atoms with E-state index in [0.29, 0.717) is 0 Å². The van der Waals surface area contributed by atoms with Crippen LogP contribution in [0.25, 0.3) is 0 Å². The van der Waals surface area contributed by atoms with E-state index in [2.05, 4.69) is 21.6 Å². The average molecular weight is 256 g/mol. The first-order chi connectivity index (χ1) is 8.27. The molecule has 4 nitrogen and oxygen atoms in total. The quantitative estimate of drug-likeness (QED) is 0.695. The lowest BCUT2D eigenvalue weighted by Crippen LogP contribution is -2.59. The van der Waals surface area contributed by atoms with Crippen molar-refractivity contribution >= 4 is 14.6 Å². The van der Waals surface area contributed by atoms with Crippen LogP contribution in [0.2, 0.25) is 5.28 Å². The Bertz CT molecular complexity index is 199. The van der Waals surface area contributed by atoms with Gasteiger partial charge in [0.1, 0.15) is 0 Å². The maximum Gasteiger partial charge on any atom is 0.488 e. The normalized spacial score (nSPS) is 24.2. The van der Waals surface area contributed by atoms with Crippen molar-refractivity contribution in [3.8, 4) is 0 Å². The molecule has 0 bridgehead atoms. The summed E-state index contributed by atoms with van der Waals surface area (Å²) in [5.74, 6) is 0.803. The van der Waals surface area contributed by atoms with Crippen molar-refractivity contribution in [1.82, 2.24) is 7.77 Å². The second-order valence-electron chi connectivity index (χ2n) is 5.41. The van der Waals surface area contributed by atoms with E-state index in [1.807, 2.05) is 0 Å². The molecule has 0 saturated carbocycles. The van der Waals surface area contributed by atoms with Crippen molar-refractivity contribution in [1.29, 1.82) is 0 Å². The summed E-state index contributed by atoms with van der Waals surface area (Å²) in [5, 5.41) is 1.39. The molecule has 2 heterocycles. The van der Waals surface area contributed by atoms with Gasteiger partial charge in [0.25, 0.3) is 0 Å². The molecule has 2 saturated heterocycles. The van der Waals surface area contributed by atoms with Crippen molar-refractivity contribution in [2.24, 2.45) is 5.92 Å². The monoisotopic (exact) mass is 256 g/mol. The van der Waals surface area contributed by atoms with Crippen LogP contribution in [0, 0.1) is 5.92 Å². The van der Waals surface area contributed by atoms with Gasteiger partial charge in [-0.05, 0) is 0 Å². The van der Waals surface area contributed by atoms with Crippen LogP contribution in [0.5, 0.6) is 0 Å². The Morgan fingerprint density at radius 1 is 0.882 bits per heavy atom. The SMILES string of the molecule is CC(C)[CH2][Al]([N]1CCOCC1)[N]1CCOCC1. The van der Waals surface area contributed by atoms with E-state index in [1.165, 1.54) is 5.28 Å². The largest absolute Gasteiger partial charge is 0.488 e. The highest BCUT2D eigenvalue weighted by Crippen LogP contribution is 2.16. The Morgan fingerprint density at radius 3 is 1.65 bits per heavy atom. The second-order valence-corrected chi connectivity index (χ2v) is 8.30. The second kappa shape index (κ2) is 7.08. The molecule has 0 aromatic heterocycles. The summed E-state index contributed by atoms with van der Waals surface area (Å²) in [5.41, 5.74) is 0. The molecule has 17 heavy (non-hydrogen) atoms. The average Bonchev–Trinajstić information content (AvgIpc) is 2.38. The van der Waals surface area contributed by atoms with Gasteiger partial charge in [-0.25, -0.2) is 0 Å². The minimum Gasteiger partial charge on any atom is -0.379 e. The number of morpholine rings is 2. The van der Waals surface area contributed by atoms with Gasteiger partial charge in [0.05, 0.1) is 26.4 Å². The topological polar surface area (TPSA) is 24.9 Å². The highest BCUT2D eigenvalue weighted by atomic mass is 27.2. The van der Waals surface area contributed by atoms with E-state index >= 15 is 0 Å². The van der Waals surface area contributed by atoms with E-state index in [1.54, 1.807) is 0 Å². The molecule has 2 aliphatic heterocycles. The van der Waals surface area contributed by atoms with Crippen molar-refractivity contribution < 1.29 is 9.47 Å². The Balaban J connectivity index is 1.95. The van der Waals surface area contributed by atoms with Gasteiger partial charge >= 0.3 is 14.6 Å². The minimum absolute atomic E-state index is 0.803. The molecule has 0 amide bonds. The molecule has 0 aromatic rings. The van der Waals surface area contributed by atoms with E-state index in [4.69, 9.17) is 9.47 Å². The summed E-state index contributed by atoms with van der Waals surface area (Å²) in [6.45, 7) is 12.9. The first kappa shape index (κ1) is 13.8. The maximum atomic E-state index is 5.48. The highest BCUT2D eigenvalue weighted by Gasteiger charge is 2.36. The Morgan fingerprint density at radius 2 is 1.29 bits per heavy atom. The number of rotatable bonds is 4. The number of hydrogen-bond acceptors (Lipinski definition) is 4. The molecule has 0 N–H and O–H groups in total. The van der Waals surface area contributed by atoms with Gasteiger partial charge in [0.15, 0.2) is 0 Å². The van der Waals surface area contributed by atoms with Crippen LogP contribution in [0.4, 0.5) is 0 Å². The van der Waals surface area contributed by atoms with E-state index in [9.17, 15) is 0 Å². The molecular weight excluding hydrogens is 231 g/mol. The maximum absolute atomic E-state index is 5.48. The van der Waals surface area contributed by atoms with Gasteiger partial charge < -0.3 is 17.2 Å². The highest BCUT2D eigenvalue weighted by molar-refractivity contribution is 6.52. The summed E-state index contributed by atoms with van der Waals surface area (Å²) < 4.78 is 16.4. The number of ether oxygens (including phenoxy) is 2. The van der Waals surface area contributed by atoms with Crippen molar-refractivity contribution in [3.05, 3.63) is 0 Å². The third-order valence-electron chi connectivity index (χ3n) is 3.62. The van der Waals surface area contributed by atoms with Crippen LogP contribution in [0.15, 0.2) is 0 Å². The van der Waals surface area contributed by atoms with Crippen LogP contribution in [0.3, 0.4) is 0 Å². The van der Waals surface area contributed by atoms with Crippen molar-refractivity contribution in [2.75, 3.05) is 52.6 Å². The lowest BCUT2D eigenvalue weighted by molar-refractivity contribution is 0.0482. The molecule has 2 aliphatic rings. The van der Waals surface area contributed by atoms with Crippen LogP contribution < -0.4 is 0 Å². The first-order valence-corrected chi connectivity index (χ1v) is 8.76. The zero-order chi connectivity index (χ0) is 12.1. The number of hydrogen-bond donors (Lipinski definition) is 0. The summed E-state index contributed by atoms with van der Waals surface area (Å²) in [4.78, 5) is 0. The Labute approximate surface area is 110 Å². The predicted octanol–water partition coefficient (Wildman–Crippen LogP) is 0.795. The van der Waals surface area contributed by atoms with Gasteiger partial charge in [-0.2, -0.15) is 0 Å². The molecule has 2 rings (SSSR count). The first-order valence-electron chi connectivity index (χ1n) is 6.91. The van der Waals surface area contributed by atoms with E-state index < -0.39 is 14.6 Å². The molecule has 5 heteroatoms. The fourth-order valence-corrected chi connectivity index (χ4v) is 6.22. The molecule has 2 fully saturated rings. The molecule has 0 atom stereocenters. The summed E-state index contributed by atoms with van der Waals surface area (Å²) in [6, 6.07) is 0. The fraction of sp³-hybridized carbons (Fsp3) is 1.00. The molecule has 98 valence electrons. The van der Waals surface area contributed by atoms with Crippen LogP contribution in [-0.4, -0.2) is 75.0 Å². The van der Waals surface area contributed by atoms with Crippen molar-refractivity contribution in [3.63, 3.8) is 0 Å². The van der Waals surface area contributed by atoms with Crippen LogP contribution in [-0.2, 0) is 9.47 Å². The lowest BCUT2D eigenvalue weighted by Gasteiger charge is -2.40. The smallest absolute Gasteiger partial charge is 0.379 e. The van der Waals surface area contributed by atoms with Crippen LogP contribution >= 0.6 is 0 Å². The molecule has 0 aliphatic carbocycles. The molecule has 0 spiro atoms. The zero-order valence-electron chi connectivity index (χ0n) is 11.2. The summed E-state index contributed by atoms with van der Waals surface area (Å²) in [7, 11) is 0. The molecule has 0 unspecified atom stereocenters. The van der Waals surface area contributed by atoms with E-state index in [0.717, 1.165) is 58.5 Å². The summed E-state index contributed by atoms with van der Waals surface area (Å²) in [6.07, 6.45) is 0. The van der Waals surface area contributed by atoms with E-state index in [-0.39, 0.29) is 0 Å². The van der Waals surface area contributed by atoms with Crippen molar-refractivity contribution in [2.45, 2.75) is 19.1 Å². The summed E-state index contributed by atoms with van der Waals surface area (Å²) >= 11 is -0.948. The van der Waals surface area contributed by atoms with Gasteiger partial charge in [-0.15, -0.1) is 0 Å². The van der Waals surface area contributed by atoms with Gasteiger partial charge in [-0.1, -0.05) is 25.0 Å². The Kier molecular flexibility index (Phi) is 5.75. The lowest BCUT2D eigenvalue weighted by atomic mass is 10.3. The Hall–Kier alpha value is 0.372. The molecule has 0 radical (unpaired) electrons. The fourth-order valence-electron chi connectivity index (χ4n) is 2.70. The minimum atomic E-state index is -0.948. The van der Waals surface area contributed by atoms with Gasteiger partial charge in [-0.3, -0.25) is 0 Å². The molecule has 0 aromatic carbocycles.